The van der Waals surface area contributed by atoms with E-state index in [4.69, 9.17) is 9.41 Å². The molecule has 1 heterocycles. The van der Waals surface area contributed by atoms with Crippen LogP contribution in [0.3, 0.4) is 0 Å². The molecular weight excluding hydrogens is 392 g/mol. The molecule has 1 aliphatic rings. The summed E-state index contributed by atoms with van der Waals surface area (Å²) in [6, 6.07) is 6.92. The predicted octanol–water partition coefficient (Wildman–Crippen LogP) is 6.61. The molecule has 3 nitrogen and oxygen atoms in total. The third kappa shape index (κ3) is 3.88. The lowest BCUT2D eigenvalue weighted by Crippen LogP contribution is -2.44. The van der Waals surface area contributed by atoms with Crippen LogP contribution in [0.5, 0.6) is 0 Å². The van der Waals surface area contributed by atoms with Crippen LogP contribution in [0.1, 0.15) is 58.3 Å². The highest BCUT2D eigenvalue weighted by atomic mass is 79.9. The SMILES string of the molecule is Cc1nc2ccc(Br)cc2n1[C@H]1CC[C@H](O[Si](C)(C)C(C)(C)C)CC1. The molecule has 0 amide bonds. The number of aromatic nitrogens is 2. The lowest BCUT2D eigenvalue weighted by molar-refractivity contribution is 0.119. The molecule has 0 aliphatic heterocycles. The Hall–Kier alpha value is -0.653. The fourth-order valence-electron chi connectivity index (χ4n) is 3.66. The lowest BCUT2D eigenvalue weighted by atomic mass is 9.92. The molecule has 0 atom stereocenters. The molecule has 2 aromatic rings. The maximum atomic E-state index is 6.65. The van der Waals surface area contributed by atoms with E-state index in [-0.39, 0.29) is 5.04 Å². The molecule has 1 saturated carbocycles. The van der Waals surface area contributed by atoms with Gasteiger partial charge in [0, 0.05) is 16.6 Å². The first-order valence-corrected chi connectivity index (χ1v) is 13.1. The van der Waals surface area contributed by atoms with Gasteiger partial charge in [-0.3, -0.25) is 0 Å². The Morgan fingerprint density at radius 1 is 1.16 bits per heavy atom. The minimum absolute atomic E-state index is 0.285. The van der Waals surface area contributed by atoms with Crippen molar-refractivity contribution < 1.29 is 4.43 Å². The third-order valence-corrected chi connectivity index (χ3v) is 11.1. The number of halogens is 1. The number of benzene rings is 1. The van der Waals surface area contributed by atoms with Crippen LogP contribution in [0, 0.1) is 6.92 Å². The Bertz CT molecular complexity index is 755. The van der Waals surface area contributed by atoms with Gasteiger partial charge < -0.3 is 8.99 Å². The Morgan fingerprint density at radius 2 is 1.80 bits per heavy atom. The maximum absolute atomic E-state index is 6.65. The summed E-state index contributed by atoms with van der Waals surface area (Å²) < 4.78 is 10.2. The van der Waals surface area contributed by atoms with Gasteiger partial charge in [-0.15, -0.1) is 0 Å². The molecule has 138 valence electrons. The fourth-order valence-corrected chi connectivity index (χ4v) is 5.43. The molecule has 3 rings (SSSR count). The highest BCUT2D eigenvalue weighted by Crippen LogP contribution is 2.41. The normalized spacial score (nSPS) is 22.5. The highest BCUT2D eigenvalue weighted by molar-refractivity contribution is 9.10. The molecule has 0 saturated heterocycles. The lowest BCUT2D eigenvalue weighted by Gasteiger charge is -2.41. The summed E-state index contributed by atoms with van der Waals surface area (Å²) in [4.78, 5) is 4.76. The van der Waals surface area contributed by atoms with Crippen LogP contribution in [-0.2, 0) is 4.43 Å². The van der Waals surface area contributed by atoms with Crippen LogP contribution in [0.25, 0.3) is 11.0 Å². The van der Waals surface area contributed by atoms with Crippen molar-refractivity contribution in [1.29, 1.82) is 0 Å². The van der Waals surface area contributed by atoms with Gasteiger partial charge in [0.2, 0.25) is 0 Å². The molecule has 0 unspecified atom stereocenters. The molecular formula is C20H31BrN2OSi. The van der Waals surface area contributed by atoms with E-state index in [1.807, 2.05) is 0 Å². The van der Waals surface area contributed by atoms with Gasteiger partial charge >= 0.3 is 0 Å². The van der Waals surface area contributed by atoms with Crippen LogP contribution in [-0.4, -0.2) is 24.0 Å². The number of imidazole rings is 1. The zero-order valence-corrected chi connectivity index (χ0v) is 19.0. The second-order valence-electron chi connectivity index (χ2n) is 8.97. The molecule has 1 fully saturated rings. The molecule has 1 aromatic heterocycles. The number of fused-ring (bicyclic) bond motifs is 1. The molecule has 0 radical (unpaired) electrons. The second-order valence-corrected chi connectivity index (χ2v) is 14.6. The predicted molar refractivity (Wildman–Crippen MR) is 112 cm³/mol. The minimum Gasteiger partial charge on any atom is -0.414 e. The molecule has 0 bridgehead atoms. The van der Waals surface area contributed by atoms with Gasteiger partial charge in [-0.2, -0.15) is 0 Å². The van der Waals surface area contributed by atoms with Crippen molar-refractivity contribution >= 4 is 35.3 Å². The summed E-state index contributed by atoms with van der Waals surface area (Å²) in [5.41, 5.74) is 2.35. The van der Waals surface area contributed by atoms with Crippen LogP contribution in [0.2, 0.25) is 18.1 Å². The first-order valence-electron chi connectivity index (χ1n) is 9.40. The molecule has 1 aromatic carbocycles. The minimum atomic E-state index is -1.67. The van der Waals surface area contributed by atoms with Crippen LogP contribution >= 0.6 is 15.9 Å². The average molecular weight is 423 g/mol. The van der Waals surface area contributed by atoms with E-state index in [1.54, 1.807) is 0 Å². The summed E-state index contributed by atoms with van der Waals surface area (Å²) in [6.45, 7) is 13.8. The highest BCUT2D eigenvalue weighted by Gasteiger charge is 2.40. The van der Waals surface area contributed by atoms with E-state index < -0.39 is 8.32 Å². The zero-order chi connectivity index (χ0) is 18.4. The first-order chi connectivity index (χ1) is 11.6. The molecule has 0 spiro atoms. The Balaban J connectivity index is 1.73. The topological polar surface area (TPSA) is 27.1 Å². The number of aryl methyl sites for hydroxylation is 1. The van der Waals surface area contributed by atoms with Crippen LogP contribution in [0.15, 0.2) is 22.7 Å². The Kier molecular flexibility index (Phi) is 5.22. The van der Waals surface area contributed by atoms with E-state index in [0.717, 1.165) is 28.7 Å². The van der Waals surface area contributed by atoms with E-state index in [2.05, 4.69) is 79.5 Å². The summed E-state index contributed by atoms with van der Waals surface area (Å²) in [5, 5.41) is 0.285. The molecule has 0 N–H and O–H groups in total. The van der Waals surface area contributed by atoms with E-state index in [0.29, 0.717) is 12.1 Å². The van der Waals surface area contributed by atoms with Crippen LogP contribution < -0.4 is 0 Å². The summed E-state index contributed by atoms with van der Waals surface area (Å²) in [7, 11) is -1.67. The third-order valence-electron chi connectivity index (χ3n) is 6.10. The van der Waals surface area contributed by atoms with Gasteiger partial charge in [-0.1, -0.05) is 36.7 Å². The van der Waals surface area contributed by atoms with Crippen molar-refractivity contribution in [3.05, 3.63) is 28.5 Å². The smallest absolute Gasteiger partial charge is 0.192 e. The van der Waals surface area contributed by atoms with Crippen molar-refractivity contribution in [3.63, 3.8) is 0 Å². The van der Waals surface area contributed by atoms with Gasteiger partial charge in [-0.05, 0) is 68.9 Å². The number of nitrogens with zero attached hydrogens (tertiary/aromatic N) is 2. The zero-order valence-electron chi connectivity index (χ0n) is 16.4. The Morgan fingerprint density at radius 3 is 2.40 bits per heavy atom. The van der Waals surface area contributed by atoms with Crippen molar-refractivity contribution in [3.8, 4) is 0 Å². The average Bonchev–Trinajstić information content (AvgIpc) is 2.82. The maximum Gasteiger partial charge on any atom is 0.192 e. The quantitative estimate of drug-likeness (QED) is 0.519. The van der Waals surface area contributed by atoms with Crippen LogP contribution in [0.4, 0.5) is 0 Å². The molecule has 1 aliphatic carbocycles. The van der Waals surface area contributed by atoms with Gasteiger partial charge in [0.15, 0.2) is 8.32 Å². The van der Waals surface area contributed by atoms with Crippen molar-refractivity contribution in [2.45, 2.75) is 83.7 Å². The van der Waals surface area contributed by atoms with E-state index in [1.165, 1.54) is 18.4 Å². The summed E-state index contributed by atoms with van der Waals surface area (Å²) >= 11 is 3.60. The van der Waals surface area contributed by atoms with E-state index in [9.17, 15) is 0 Å². The van der Waals surface area contributed by atoms with Gasteiger partial charge in [0.05, 0.1) is 11.0 Å². The summed E-state index contributed by atoms with van der Waals surface area (Å²) in [5.74, 6) is 1.13. The van der Waals surface area contributed by atoms with Crippen molar-refractivity contribution in [2.24, 2.45) is 0 Å². The number of hydrogen-bond donors (Lipinski definition) is 0. The van der Waals surface area contributed by atoms with Crippen molar-refractivity contribution in [1.82, 2.24) is 9.55 Å². The standard InChI is InChI=1S/C20H31BrN2OSi/c1-14-22-18-12-7-15(21)13-19(18)23(14)16-8-10-17(11-9-16)24-25(5,6)20(2,3)4/h7,12-13,16-17H,8-11H2,1-6H3/t16-,17-. The Labute approximate surface area is 161 Å². The van der Waals surface area contributed by atoms with Gasteiger partial charge in [0.25, 0.3) is 0 Å². The van der Waals surface area contributed by atoms with Crippen molar-refractivity contribution in [2.75, 3.05) is 0 Å². The number of rotatable bonds is 3. The van der Waals surface area contributed by atoms with E-state index >= 15 is 0 Å². The summed E-state index contributed by atoms with van der Waals surface area (Å²) in [6.07, 6.45) is 5.10. The second kappa shape index (κ2) is 6.82. The number of hydrogen-bond acceptors (Lipinski definition) is 2. The molecule has 25 heavy (non-hydrogen) atoms. The largest absolute Gasteiger partial charge is 0.414 e. The van der Waals surface area contributed by atoms with Gasteiger partial charge in [0.1, 0.15) is 5.82 Å². The van der Waals surface area contributed by atoms with Gasteiger partial charge in [-0.25, -0.2) is 4.98 Å². The first kappa shape index (κ1) is 19.1. The fraction of sp³-hybridized carbons (Fsp3) is 0.650. The molecule has 5 heteroatoms. The monoisotopic (exact) mass is 422 g/mol.